The first-order chi connectivity index (χ1) is 13.4. The molecule has 0 bridgehead atoms. The van der Waals surface area contributed by atoms with E-state index in [-0.39, 0.29) is 5.91 Å². The highest BCUT2D eigenvalue weighted by Gasteiger charge is 2.66. The predicted octanol–water partition coefficient (Wildman–Crippen LogP) is 0.346. The number of methoxy groups -OCH3 is 1. The molecule has 2 aliphatic heterocycles. The van der Waals surface area contributed by atoms with E-state index in [1.54, 1.807) is 37.6 Å². The number of hydrogen-bond acceptors (Lipinski definition) is 8. The van der Waals surface area contributed by atoms with E-state index in [2.05, 4.69) is 20.3 Å². The quantitative estimate of drug-likeness (QED) is 0.598. The van der Waals surface area contributed by atoms with E-state index in [9.17, 15) is 14.4 Å². The molecule has 144 valence electrons. The van der Waals surface area contributed by atoms with Crippen molar-refractivity contribution in [2.24, 2.45) is 11.8 Å². The van der Waals surface area contributed by atoms with Crippen molar-refractivity contribution in [1.29, 1.82) is 0 Å². The molecule has 0 radical (unpaired) electrons. The van der Waals surface area contributed by atoms with Crippen LogP contribution in [0.15, 0.2) is 36.8 Å². The largest absolute Gasteiger partial charge is 0.468 e. The summed E-state index contributed by atoms with van der Waals surface area (Å²) in [4.78, 5) is 51.8. The Bertz CT molecular complexity index is 949. The first-order valence-corrected chi connectivity index (χ1v) is 8.79. The molecule has 2 amide bonds. The SMILES string of the molecule is COC(=O)[C@]1(C)N[C@H](c2cnc(-c3ccccn3)nc2)[C@@H]2C(=O)N(C)C(=O)[C@@H]21. The Hall–Kier alpha value is -3.20. The van der Waals surface area contributed by atoms with Crippen molar-refractivity contribution in [1.82, 2.24) is 25.2 Å². The molecule has 9 nitrogen and oxygen atoms in total. The highest BCUT2D eigenvalue weighted by molar-refractivity contribution is 6.09. The fraction of sp³-hybridized carbons (Fsp3) is 0.368. The van der Waals surface area contributed by atoms with Gasteiger partial charge in [-0.05, 0) is 19.1 Å². The second-order valence-electron chi connectivity index (χ2n) is 7.11. The molecule has 2 saturated heterocycles. The molecule has 4 atom stereocenters. The van der Waals surface area contributed by atoms with E-state index >= 15 is 0 Å². The molecular weight excluding hydrogens is 362 g/mol. The zero-order valence-electron chi connectivity index (χ0n) is 15.6. The molecule has 2 aromatic heterocycles. The van der Waals surface area contributed by atoms with E-state index in [1.807, 2.05) is 6.07 Å². The van der Waals surface area contributed by atoms with Crippen LogP contribution in [0.3, 0.4) is 0 Å². The highest BCUT2D eigenvalue weighted by atomic mass is 16.5. The summed E-state index contributed by atoms with van der Waals surface area (Å²) in [6, 6.07) is 4.84. The second kappa shape index (κ2) is 6.45. The van der Waals surface area contributed by atoms with E-state index < -0.39 is 35.3 Å². The van der Waals surface area contributed by atoms with Gasteiger partial charge in [-0.1, -0.05) is 6.07 Å². The van der Waals surface area contributed by atoms with E-state index in [0.717, 1.165) is 4.90 Å². The Labute approximate surface area is 161 Å². The van der Waals surface area contributed by atoms with Gasteiger partial charge in [-0.25, -0.2) is 9.97 Å². The molecular formula is C19H19N5O4. The second-order valence-corrected chi connectivity index (χ2v) is 7.11. The van der Waals surface area contributed by atoms with Crippen molar-refractivity contribution in [2.45, 2.75) is 18.5 Å². The average Bonchev–Trinajstić information content (AvgIpc) is 3.17. The maximum atomic E-state index is 12.7. The van der Waals surface area contributed by atoms with Crippen molar-refractivity contribution in [3.63, 3.8) is 0 Å². The maximum Gasteiger partial charge on any atom is 0.326 e. The van der Waals surface area contributed by atoms with Crippen molar-refractivity contribution >= 4 is 17.8 Å². The number of pyridine rings is 1. The van der Waals surface area contributed by atoms with Gasteiger partial charge in [-0.3, -0.25) is 29.6 Å². The number of imide groups is 1. The molecule has 4 heterocycles. The number of nitrogens with zero attached hydrogens (tertiary/aromatic N) is 4. The summed E-state index contributed by atoms with van der Waals surface area (Å²) >= 11 is 0. The van der Waals surface area contributed by atoms with Gasteiger partial charge in [-0.2, -0.15) is 0 Å². The zero-order valence-corrected chi connectivity index (χ0v) is 15.6. The van der Waals surface area contributed by atoms with Gasteiger partial charge in [0.1, 0.15) is 11.2 Å². The number of rotatable bonds is 3. The lowest BCUT2D eigenvalue weighted by Crippen LogP contribution is -2.53. The number of nitrogens with one attached hydrogen (secondary N) is 1. The normalized spacial score (nSPS) is 29.1. The lowest BCUT2D eigenvalue weighted by molar-refractivity contribution is -0.152. The molecule has 9 heteroatoms. The molecule has 0 spiro atoms. The van der Waals surface area contributed by atoms with Gasteiger partial charge in [-0.15, -0.1) is 0 Å². The van der Waals surface area contributed by atoms with Gasteiger partial charge in [0.2, 0.25) is 11.8 Å². The van der Waals surface area contributed by atoms with Crippen molar-refractivity contribution in [2.75, 3.05) is 14.2 Å². The first-order valence-electron chi connectivity index (χ1n) is 8.79. The predicted molar refractivity (Wildman–Crippen MR) is 96.3 cm³/mol. The molecule has 1 N–H and O–H groups in total. The lowest BCUT2D eigenvalue weighted by atomic mass is 9.80. The third kappa shape index (κ3) is 2.50. The number of carbonyl (C=O) groups is 3. The summed E-state index contributed by atoms with van der Waals surface area (Å²) in [6.45, 7) is 1.59. The van der Waals surface area contributed by atoms with E-state index in [4.69, 9.17) is 4.74 Å². The number of carbonyl (C=O) groups excluding carboxylic acids is 3. The third-order valence-electron chi connectivity index (χ3n) is 5.54. The number of aromatic nitrogens is 3. The Morgan fingerprint density at radius 2 is 1.89 bits per heavy atom. The van der Waals surface area contributed by atoms with Gasteiger partial charge in [0.05, 0.1) is 18.9 Å². The van der Waals surface area contributed by atoms with Crippen LogP contribution >= 0.6 is 0 Å². The molecule has 0 unspecified atom stereocenters. The minimum Gasteiger partial charge on any atom is -0.468 e. The Morgan fingerprint density at radius 3 is 2.50 bits per heavy atom. The Kier molecular flexibility index (Phi) is 4.19. The summed E-state index contributed by atoms with van der Waals surface area (Å²) in [5.41, 5.74) is -0.0855. The first kappa shape index (κ1) is 18.2. The van der Waals surface area contributed by atoms with Crippen molar-refractivity contribution in [3.8, 4) is 11.5 Å². The Balaban J connectivity index is 1.72. The average molecular weight is 381 g/mol. The van der Waals surface area contributed by atoms with E-state index in [0.29, 0.717) is 17.1 Å². The summed E-state index contributed by atoms with van der Waals surface area (Å²) in [7, 11) is 2.69. The van der Waals surface area contributed by atoms with Gasteiger partial charge >= 0.3 is 5.97 Å². The standard InChI is InChI=1S/C19H19N5O4/c1-19(18(27)28-3)13-12(16(25)24(2)17(13)26)14(23-19)10-8-21-15(22-9-10)11-6-4-5-7-20-11/h4-9,12-14,23H,1-3H3/t12-,13-,14-,19-/m1/s1. The summed E-state index contributed by atoms with van der Waals surface area (Å²) < 4.78 is 4.90. The van der Waals surface area contributed by atoms with Crippen LogP contribution in [0.5, 0.6) is 0 Å². The minimum absolute atomic E-state index is 0.339. The fourth-order valence-corrected chi connectivity index (χ4v) is 4.10. The molecule has 0 aromatic carbocycles. The van der Waals surface area contributed by atoms with Crippen LogP contribution in [0.2, 0.25) is 0 Å². The number of hydrogen-bond donors (Lipinski definition) is 1. The number of likely N-dealkylation sites (tertiary alicyclic amines) is 1. The summed E-state index contributed by atoms with van der Waals surface area (Å²) in [5, 5.41) is 3.14. The Morgan fingerprint density at radius 1 is 1.18 bits per heavy atom. The smallest absolute Gasteiger partial charge is 0.326 e. The summed E-state index contributed by atoms with van der Waals surface area (Å²) in [6.07, 6.45) is 4.83. The highest BCUT2D eigenvalue weighted by Crippen LogP contribution is 2.48. The van der Waals surface area contributed by atoms with Gasteiger partial charge in [0.15, 0.2) is 5.82 Å². The van der Waals surface area contributed by atoms with Crippen LogP contribution in [0.25, 0.3) is 11.5 Å². The van der Waals surface area contributed by atoms with Crippen LogP contribution in [-0.4, -0.2) is 57.3 Å². The van der Waals surface area contributed by atoms with Crippen molar-refractivity contribution < 1.29 is 19.1 Å². The van der Waals surface area contributed by atoms with Crippen LogP contribution < -0.4 is 5.32 Å². The number of amides is 2. The monoisotopic (exact) mass is 381 g/mol. The number of esters is 1. The fourth-order valence-electron chi connectivity index (χ4n) is 4.10. The van der Waals surface area contributed by atoms with Crippen LogP contribution in [0, 0.1) is 11.8 Å². The van der Waals surface area contributed by atoms with Crippen LogP contribution in [0.4, 0.5) is 0 Å². The lowest BCUT2D eigenvalue weighted by Gasteiger charge is -2.27. The molecule has 2 aliphatic rings. The van der Waals surface area contributed by atoms with Crippen molar-refractivity contribution in [3.05, 3.63) is 42.4 Å². The summed E-state index contributed by atoms with van der Waals surface area (Å²) in [5.74, 6) is -2.46. The maximum absolute atomic E-state index is 12.7. The molecule has 0 saturated carbocycles. The van der Waals surface area contributed by atoms with Gasteiger partial charge in [0.25, 0.3) is 0 Å². The van der Waals surface area contributed by atoms with Crippen LogP contribution in [0.1, 0.15) is 18.5 Å². The van der Waals surface area contributed by atoms with E-state index in [1.165, 1.54) is 14.2 Å². The molecule has 2 fully saturated rings. The van der Waals surface area contributed by atoms with Gasteiger partial charge in [0, 0.05) is 37.2 Å². The minimum atomic E-state index is -1.32. The molecule has 4 rings (SSSR count). The third-order valence-corrected chi connectivity index (χ3v) is 5.54. The molecule has 28 heavy (non-hydrogen) atoms. The topological polar surface area (TPSA) is 114 Å². The number of fused-ring (bicyclic) bond motifs is 1. The molecule has 2 aromatic rings. The molecule has 0 aliphatic carbocycles. The van der Waals surface area contributed by atoms with Crippen LogP contribution in [-0.2, 0) is 19.1 Å². The van der Waals surface area contributed by atoms with Gasteiger partial charge < -0.3 is 4.74 Å². The zero-order chi connectivity index (χ0) is 20.1. The number of ether oxygens (including phenoxy) is 1.